The number of nitrogens with one attached hydrogen (secondary N) is 1. The van der Waals surface area contributed by atoms with E-state index >= 15 is 0 Å². The first-order chi connectivity index (χ1) is 12.1. The number of amides is 1. The molecule has 0 heterocycles. The van der Waals surface area contributed by atoms with Gasteiger partial charge in [-0.3, -0.25) is 9.59 Å². The second-order valence-electron chi connectivity index (χ2n) is 7.88. The van der Waals surface area contributed by atoms with Gasteiger partial charge in [0.05, 0.1) is 12.0 Å². The van der Waals surface area contributed by atoms with Crippen LogP contribution in [-0.4, -0.2) is 35.4 Å². The van der Waals surface area contributed by atoms with Crippen molar-refractivity contribution in [1.29, 1.82) is 0 Å². The minimum Gasteiger partial charge on any atom is -0.392 e. The number of benzene rings is 1. The lowest BCUT2D eigenvalue weighted by Crippen LogP contribution is -2.31. The molecule has 0 spiro atoms. The van der Waals surface area contributed by atoms with Crippen molar-refractivity contribution >= 4 is 11.7 Å². The molecule has 6 heteroatoms. The summed E-state index contributed by atoms with van der Waals surface area (Å²) in [5, 5.41) is 13.2. The highest BCUT2D eigenvalue weighted by Crippen LogP contribution is 2.48. The first-order valence-corrected chi connectivity index (χ1v) is 9.03. The van der Waals surface area contributed by atoms with Gasteiger partial charge in [0.1, 0.15) is 5.78 Å². The van der Waals surface area contributed by atoms with Gasteiger partial charge in [0.15, 0.2) is 0 Å². The van der Waals surface area contributed by atoms with E-state index in [1.165, 1.54) is 0 Å². The fourth-order valence-corrected chi connectivity index (χ4v) is 4.21. The Morgan fingerprint density at radius 1 is 1.27 bits per heavy atom. The van der Waals surface area contributed by atoms with Gasteiger partial charge in [-0.2, -0.15) is 0 Å². The smallest absolute Gasteiger partial charge is 0.253 e. The zero-order valence-corrected chi connectivity index (χ0v) is 15.3. The number of ketones is 1. The monoisotopic (exact) mass is 365 g/mol. The van der Waals surface area contributed by atoms with Crippen LogP contribution < -0.4 is 5.32 Å². The van der Waals surface area contributed by atoms with Crippen LogP contribution in [0.25, 0.3) is 0 Å². The number of halogens is 2. The number of hydrogen-bond donors (Lipinski definition) is 2. The van der Waals surface area contributed by atoms with Gasteiger partial charge >= 0.3 is 0 Å². The molecule has 26 heavy (non-hydrogen) atoms. The number of Topliss-reactive ketones (excluding diaryl/α,β-unsaturated/α-hetero) is 1. The molecule has 2 aliphatic rings. The van der Waals surface area contributed by atoms with Crippen molar-refractivity contribution in [2.45, 2.75) is 58.0 Å². The van der Waals surface area contributed by atoms with Crippen LogP contribution in [0, 0.1) is 32.6 Å². The highest BCUT2D eigenvalue weighted by Gasteiger charge is 2.56. The molecule has 0 radical (unpaired) electrons. The molecule has 2 fully saturated rings. The minimum absolute atomic E-state index is 0.0222. The molecule has 4 unspecified atom stereocenters. The molecule has 0 aromatic heterocycles. The molecule has 1 aromatic rings. The summed E-state index contributed by atoms with van der Waals surface area (Å²) in [6.07, 6.45) is -1.01. The van der Waals surface area contributed by atoms with Crippen LogP contribution in [0.1, 0.15) is 47.4 Å². The number of carbonyl (C=O) groups is 2. The molecule has 0 saturated heterocycles. The zero-order chi connectivity index (χ0) is 19.2. The predicted octanol–water partition coefficient (Wildman–Crippen LogP) is 2.81. The first kappa shape index (κ1) is 19.0. The van der Waals surface area contributed by atoms with Crippen molar-refractivity contribution in [2.75, 3.05) is 6.54 Å². The van der Waals surface area contributed by atoms with Gasteiger partial charge in [0.2, 0.25) is 5.91 Å². The van der Waals surface area contributed by atoms with Gasteiger partial charge < -0.3 is 10.4 Å². The SMILES string of the molecule is Cc1cc(C)c(C2C(=O)CC(CC(=O)NCC3CC3(F)F)C2O)c(C)c1. The molecule has 1 aromatic carbocycles. The van der Waals surface area contributed by atoms with Crippen LogP contribution >= 0.6 is 0 Å². The molecule has 142 valence electrons. The summed E-state index contributed by atoms with van der Waals surface area (Å²) in [4.78, 5) is 24.6. The van der Waals surface area contributed by atoms with E-state index in [1.807, 2.05) is 32.9 Å². The van der Waals surface area contributed by atoms with E-state index in [1.54, 1.807) is 0 Å². The van der Waals surface area contributed by atoms with E-state index in [4.69, 9.17) is 0 Å². The molecular weight excluding hydrogens is 340 g/mol. The number of aryl methyl sites for hydroxylation is 3. The second kappa shape index (κ2) is 6.72. The van der Waals surface area contributed by atoms with Gasteiger partial charge in [0, 0.05) is 37.6 Å². The van der Waals surface area contributed by atoms with Crippen LogP contribution in [-0.2, 0) is 9.59 Å². The number of rotatable bonds is 5. The normalized spacial score (nSPS) is 29.7. The van der Waals surface area contributed by atoms with Crippen molar-refractivity contribution in [3.63, 3.8) is 0 Å². The van der Waals surface area contributed by atoms with Gasteiger partial charge in [-0.1, -0.05) is 17.7 Å². The third-order valence-electron chi connectivity index (χ3n) is 5.63. The van der Waals surface area contributed by atoms with E-state index in [0.717, 1.165) is 22.3 Å². The average Bonchev–Trinajstić information content (AvgIpc) is 3.05. The first-order valence-electron chi connectivity index (χ1n) is 9.03. The Bertz CT molecular complexity index is 724. The number of alkyl halides is 2. The summed E-state index contributed by atoms with van der Waals surface area (Å²) in [6, 6.07) is 3.97. The van der Waals surface area contributed by atoms with E-state index in [0.29, 0.717) is 0 Å². The van der Waals surface area contributed by atoms with Gasteiger partial charge in [-0.05, 0) is 37.5 Å². The largest absolute Gasteiger partial charge is 0.392 e. The molecule has 4 nitrogen and oxygen atoms in total. The van der Waals surface area contributed by atoms with E-state index in [-0.39, 0.29) is 37.5 Å². The minimum atomic E-state index is -2.66. The topological polar surface area (TPSA) is 66.4 Å². The van der Waals surface area contributed by atoms with Crippen molar-refractivity contribution in [3.05, 3.63) is 34.4 Å². The highest BCUT2D eigenvalue weighted by molar-refractivity contribution is 5.91. The Morgan fingerprint density at radius 3 is 2.38 bits per heavy atom. The highest BCUT2D eigenvalue weighted by atomic mass is 19.3. The van der Waals surface area contributed by atoms with Crippen LogP contribution in [0.4, 0.5) is 8.78 Å². The maximum atomic E-state index is 12.9. The van der Waals surface area contributed by atoms with Crippen molar-refractivity contribution in [1.82, 2.24) is 5.32 Å². The molecule has 0 bridgehead atoms. The summed E-state index contributed by atoms with van der Waals surface area (Å²) in [5.41, 5.74) is 3.85. The molecule has 3 rings (SSSR count). The van der Waals surface area contributed by atoms with Crippen molar-refractivity contribution < 1.29 is 23.5 Å². The molecule has 1 amide bonds. The van der Waals surface area contributed by atoms with Gasteiger partial charge in [0.25, 0.3) is 5.92 Å². The fourth-order valence-electron chi connectivity index (χ4n) is 4.21. The third-order valence-corrected chi connectivity index (χ3v) is 5.63. The van der Waals surface area contributed by atoms with Crippen LogP contribution in [0.3, 0.4) is 0 Å². The predicted molar refractivity (Wildman–Crippen MR) is 93.2 cm³/mol. The lowest BCUT2D eigenvalue weighted by atomic mass is 9.85. The number of hydrogen-bond acceptors (Lipinski definition) is 3. The maximum Gasteiger partial charge on any atom is 0.253 e. The molecule has 0 aliphatic heterocycles. The Hall–Kier alpha value is -1.82. The molecule has 2 N–H and O–H groups in total. The second-order valence-corrected chi connectivity index (χ2v) is 7.88. The maximum absolute atomic E-state index is 12.9. The summed E-state index contributed by atoms with van der Waals surface area (Å²) in [7, 11) is 0. The Kier molecular flexibility index (Phi) is 4.90. The molecule has 2 aliphatic carbocycles. The average molecular weight is 365 g/mol. The standard InChI is InChI=1S/C20H25F2NO3/c1-10-4-11(2)17(12(3)5-10)18-15(24)6-13(19(18)26)7-16(25)23-9-14-8-20(14,21)22/h4-5,13-14,18-19,26H,6-9H2,1-3H3,(H,23,25). The number of aliphatic hydroxyl groups excluding tert-OH is 1. The van der Waals surface area contributed by atoms with Crippen LogP contribution in [0.5, 0.6) is 0 Å². The van der Waals surface area contributed by atoms with Gasteiger partial charge in [-0.15, -0.1) is 0 Å². The van der Waals surface area contributed by atoms with Crippen LogP contribution in [0.15, 0.2) is 12.1 Å². The zero-order valence-electron chi connectivity index (χ0n) is 15.3. The van der Waals surface area contributed by atoms with Gasteiger partial charge in [-0.25, -0.2) is 8.78 Å². The summed E-state index contributed by atoms with van der Waals surface area (Å²) >= 11 is 0. The molecule has 4 atom stereocenters. The Labute approximate surface area is 152 Å². The van der Waals surface area contributed by atoms with Crippen LogP contribution in [0.2, 0.25) is 0 Å². The fraction of sp³-hybridized carbons (Fsp3) is 0.600. The Morgan fingerprint density at radius 2 is 1.85 bits per heavy atom. The molecule has 2 saturated carbocycles. The quantitative estimate of drug-likeness (QED) is 0.843. The summed E-state index contributed by atoms with van der Waals surface area (Å²) in [5.74, 6) is -5.01. The number of carbonyl (C=O) groups excluding carboxylic acids is 2. The van der Waals surface area contributed by atoms with E-state index in [2.05, 4.69) is 5.32 Å². The number of aliphatic hydroxyl groups is 1. The van der Waals surface area contributed by atoms with Crippen molar-refractivity contribution in [2.24, 2.45) is 11.8 Å². The summed E-state index contributed by atoms with van der Waals surface area (Å²) < 4.78 is 25.7. The van der Waals surface area contributed by atoms with E-state index < -0.39 is 29.8 Å². The lowest BCUT2D eigenvalue weighted by molar-refractivity contribution is -0.122. The third kappa shape index (κ3) is 3.65. The van der Waals surface area contributed by atoms with E-state index in [9.17, 15) is 23.5 Å². The Balaban J connectivity index is 1.65. The van der Waals surface area contributed by atoms with Crippen molar-refractivity contribution in [3.8, 4) is 0 Å². The lowest BCUT2D eigenvalue weighted by Gasteiger charge is -2.22. The summed E-state index contributed by atoms with van der Waals surface area (Å²) in [6.45, 7) is 5.77. The molecular formula is C20H25F2NO3.